The number of carbonyl (C=O) groups is 1. The van der Waals surface area contributed by atoms with Crippen molar-refractivity contribution >= 4 is 39.4 Å². The van der Waals surface area contributed by atoms with E-state index < -0.39 is 0 Å². The van der Waals surface area contributed by atoms with Gasteiger partial charge in [0.1, 0.15) is 0 Å². The van der Waals surface area contributed by atoms with E-state index in [-0.39, 0.29) is 5.91 Å². The van der Waals surface area contributed by atoms with Crippen molar-refractivity contribution in [3.8, 4) is 0 Å². The number of aromatic nitrogens is 1. The van der Waals surface area contributed by atoms with E-state index in [4.69, 9.17) is 4.74 Å². The second-order valence-corrected chi connectivity index (χ2v) is 7.20. The summed E-state index contributed by atoms with van der Waals surface area (Å²) in [6.45, 7) is 3.37. The Bertz CT molecular complexity index is 924. The quantitative estimate of drug-likeness (QED) is 0.537. The van der Waals surface area contributed by atoms with E-state index >= 15 is 0 Å². The highest BCUT2D eigenvalue weighted by Gasteiger charge is 2.13. The predicted octanol–water partition coefficient (Wildman–Crippen LogP) is 2.76. The maximum Gasteiger partial charge on any atom is 0.244 e. The molecule has 3 aromatic rings. The van der Waals surface area contributed by atoms with Crippen LogP contribution < -0.4 is 10.3 Å². The number of aromatic amines is 1. The van der Waals surface area contributed by atoms with Gasteiger partial charge < -0.3 is 14.6 Å². The second kappa shape index (κ2) is 7.72. The lowest BCUT2D eigenvalue weighted by atomic mass is 10.1. The summed E-state index contributed by atoms with van der Waals surface area (Å²) in [6, 6.07) is 12.1. The fourth-order valence-electron chi connectivity index (χ4n) is 3.02. The minimum absolute atomic E-state index is 0.129. The summed E-state index contributed by atoms with van der Waals surface area (Å²) in [7, 11) is 0. The van der Waals surface area contributed by atoms with Crippen LogP contribution in [0.5, 0.6) is 0 Å². The molecule has 1 fully saturated rings. The monoisotopic (exact) mass is 368 g/mol. The van der Waals surface area contributed by atoms with Gasteiger partial charge >= 0.3 is 0 Å². The van der Waals surface area contributed by atoms with E-state index in [0.717, 1.165) is 47.6 Å². The van der Waals surface area contributed by atoms with E-state index in [2.05, 4.69) is 26.5 Å². The third-order valence-electron chi connectivity index (χ3n) is 4.34. The molecule has 0 bridgehead atoms. The van der Waals surface area contributed by atoms with Gasteiger partial charge in [-0.15, -0.1) is 11.3 Å². The van der Waals surface area contributed by atoms with Crippen LogP contribution in [0.2, 0.25) is 0 Å². The highest BCUT2D eigenvalue weighted by Crippen LogP contribution is 2.25. The molecule has 0 aliphatic carbocycles. The maximum atomic E-state index is 12.1. The number of hydrazone groups is 1. The molecule has 1 saturated heterocycles. The number of hydrogen-bond donors (Lipinski definition) is 2. The van der Waals surface area contributed by atoms with Crippen LogP contribution in [0.15, 0.2) is 47.7 Å². The van der Waals surface area contributed by atoms with E-state index in [1.165, 1.54) is 5.00 Å². The Balaban J connectivity index is 1.33. The summed E-state index contributed by atoms with van der Waals surface area (Å²) in [4.78, 5) is 18.6. The highest BCUT2D eigenvalue weighted by atomic mass is 32.1. The maximum absolute atomic E-state index is 12.1. The first kappa shape index (κ1) is 16.8. The SMILES string of the molecule is O=C(Cc1c[nH]c2ccccc12)NN=Cc1ccc(N2CCOCC2)s1. The summed E-state index contributed by atoms with van der Waals surface area (Å²) >= 11 is 1.66. The molecule has 0 atom stereocenters. The number of nitrogens with one attached hydrogen (secondary N) is 2. The molecule has 0 radical (unpaired) electrons. The third kappa shape index (κ3) is 3.79. The molecular formula is C19H20N4O2S. The first-order valence-corrected chi connectivity index (χ1v) is 9.41. The number of benzene rings is 1. The van der Waals surface area contributed by atoms with Crippen molar-refractivity contribution in [3.63, 3.8) is 0 Å². The zero-order chi connectivity index (χ0) is 17.8. The second-order valence-electron chi connectivity index (χ2n) is 6.10. The predicted molar refractivity (Wildman–Crippen MR) is 105 cm³/mol. The molecular weight excluding hydrogens is 348 g/mol. The number of morpholine rings is 1. The average Bonchev–Trinajstić information content (AvgIpc) is 3.30. The molecule has 3 heterocycles. The lowest BCUT2D eigenvalue weighted by Gasteiger charge is -2.27. The van der Waals surface area contributed by atoms with Gasteiger partial charge in [0.05, 0.1) is 30.9 Å². The van der Waals surface area contributed by atoms with Gasteiger partial charge in [0, 0.05) is 35.1 Å². The van der Waals surface area contributed by atoms with Crippen LogP contribution in [-0.4, -0.2) is 43.4 Å². The van der Waals surface area contributed by atoms with Gasteiger partial charge in [-0.2, -0.15) is 5.10 Å². The summed E-state index contributed by atoms with van der Waals surface area (Å²) in [6.07, 6.45) is 3.87. The van der Waals surface area contributed by atoms with E-state index in [1.807, 2.05) is 36.5 Å². The molecule has 6 nitrogen and oxygen atoms in total. The number of anilines is 1. The van der Waals surface area contributed by atoms with E-state index in [0.29, 0.717) is 6.42 Å². The molecule has 1 aromatic carbocycles. The van der Waals surface area contributed by atoms with Crippen molar-refractivity contribution < 1.29 is 9.53 Å². The summed E-state index contributed by atoms with van der Waals surface area (Å²) in [5, 5.41) is 6.37. The zero-order valence-electron chi connectivity index (χ0n) is 14.3. The molecule has 2 aromatic heterocycles. The first-order valence-electron chi connectivity index (χ1n) is 8.59. The largest absolute Gasteiger partial charge is 0.378 e. The lowest BCUT2D eigenvalue weighted by molar-refractivity contribution is -0.120. The van der Waals surface area contributed by atoms with Crippen LogP contribution >= 0.6 is 11.3 Å². The van der Waals surface area contributed by atoms with Gasteiger partial charge in [-0.3, -0.25) is 4.79 Å². The van der Waals surface area contributed by atoms with Gasteiger partial charge in [-0.25, -0.2) is 5.43 Å². The van der Waals surface area contributed by atoms with Crippen molar-refractivity contribution in [2.75, 3.05) is 31.2 Å². The Hall–Kier alpha value is -2.64. The Morgan fingerprint density at radius 3 is 3.00 bits per heavy atom. The first-order chi connectivity index (χ1) is 12.8. The van der Waals surface area contributed by atoms with Crippen molar-refractivity contribution in [3.05, 3.63) is 53.0 Å². The van der Waals surface area contributed by atoms with E-state index in [1.54, 1.807) is 17.6 Å². The van der Waals surface area contributed by atoms with E-state index in [9.17, 15) is 4.79 Å². The molecule has 7 heteroatoms. The number of para-hydroxylation sites is 1. The normalized spacial score (nSPS) is 15.0. The molecule has 2 N–H and O–H groups in total. The van der Waals surface area contributed by atoms with Crippen molar-refractivity contribution in [1.82, 2.24) is 10.4 Å². The fraction of sp³-hybridized carbons (Fsp3) is 0.263. The molecule has 1 aliphatic rings. The number of ether oxygens (including phenoxy) is 1. The van der Waals surface area contributed by atoms with Gasteiger partial charge in [0.25, 0.3) is 0 Å². The molecule has 26 heavy (non-hydrogen) atoms. The summed E-state index contributed by atoms with van der Waals surface area (Å²) in [5.41, 5.74) is 4.62. The van der Waals surface area contributed by atoms with Crippen molar-refractivity contribution in [2.24, 2.45) is 5.10 Å². The number of carbonyl (C=O) groups excluding carboxylic acids is 1. The number of fused-ring (bicyclic) bond motifs is 1. The van der Waals surface area contributed by atoms with Crippen molar-refractivity contribution in [1.29, 1.82) is 0 Å². The number of hydrogen-bond acceptors (Lipinski definition) is 5. The van der Waals surface area contributed by atoms with Crippen LogP contribution in [0.3, 0.4) is 0 Å². The molecule has 1 amide bonds. The standard InChI is InChI=1S/C19H20N4O2S/c24-18(11-14-12-20-17-4-2-1-3-16(14)17)22-21-13-15-5-6-19(26-15)23-7-9-25-10-8-23/h1-6,12-13,20H,7-11H2,(H,22,24). The number of nitrogens with zero attached hydrogens (tertiary/aromatic N) is 2. The molecule has 0 unspecified atom stereocenters. The number of amides is 1. The third-order valence-corrected chi connectivity index (χ3v) is 5.42. The lowest BCUT2D eigenvalue weighted by Crippen LogP contribution is -2.35. The van der Waals surface area contributed by atoms with Gasteiger partial charge in [-0.1, -0.05) is 18.2 Å². The van der Waals surface area contributed by atoms with Crippen LogP contribution in [-0.2, 0) is 16.0 Å². The fourth-order valence-corrected chi connectivity index (χ4v) is 3.95. The summed E-state index contributed by atoms with van der Waals surface area (Å²) in [5.74, 6) is -0.129. The van der Waals surface area contributed by atoms with Crippen LogP contribution in [0.25, 0.3) is 10.9 Å². The summed E-state index contributed by atoms with van der Waals surface area (Å²) < 4.78 is 5.38. The van der Waals surface area contributed by atoms with Gasteiger partial charge in [-0.05, 0) is 23.8 Å². The average molecular weight is 368 g/mol. The highest BCUT2D eigenvalue weighted by molar-refractivity contribution is 7.17. The molecule has 1 aliphatic heterocycles. The van der Waals surface area contributed by atoms with Gasteiger partial charge in [0.15, 0.2) is 0 Å². The van der Waals surface area contributed by atoms with Crippen LogP contribution in [0.1, 0.15) is 10.4 Å². The van der Waals surface area contributed by atoms with Crippen molar-refractivity contribution in [2.45, 2.75) is 6.42 Å². The topological polar surface area (TPSA) is 69.7 Å². The molecule has 0 spiro atoms. The minimum Gasteiger partial charge on any atom is -0.378 e. The molecule has 4 rings (SSSR count). The smallest absolute Gasteiger partial charge is 0.244 e. The minimum atomic E-state index is -0.129. The number of rotatable bonds is 5. The Morgan fingerprint density at radius 2 is 2.12 bits per heavy atom. The van der Waals surface area contributed by atoms with Crippen LogP contribution in [0, 0.1) is 0 Å². The number of H-pyrrole nitrogens is 1. The zero-order valence-corrected chi connectivity index (χ0v) is 15.1. The van der Waals surface area contributed by atoms with Gasteiger partial charge in [0.2, 0.25) is 5.91 Å². The molecule has 134 valence electrons. The molecule has 0 saturated carbocycles. The van der Waals surface area contributed by atoms with Crippen LogP contribution in [0.4, 0.5) is 5.00 Å². The number of thiophene rings is 1. The Labute approximate surface area is 155 Å². The Morgan fingerprint density at radius 1 is 1.27 bits per heavy atom. The Kier molecular flexibility index (Phi) is 4.99.